The highest BCUT2D eigenvalue weighted by molar-refractivity contribution is 6.02. The maximum absolute atomic E-state index is 12.9. The minimum Gasteiger partial charge on any atom is -0.469 e. The second kappa shape index (κ2) is 17.4. The quantitative estimate of drug-likeness (QED) is 0.120. The fourth-order valence-corrected chi connectivity index (χ4v) is 4.17. The summed E-state index contributed by atoms with van der Waals surface area (Å²) in [5, 5.41) is 11.9. The average Bonchev–Trinajstić information content (AvgIpc) is 3.04. The van der Waals surface area contributed by atoms with Crippen LogP contribution in [0.5, 0.6) is 0 Å². The van der Waals surface area contributed by atoms with Crippen LogP contribution in [-0.4, -0.2) is 72.0 Å². The Kier molecular flexibility index (Phi) is 13.4. The van der Waals surface area contributed by atoms with Crippen LogP contribution >= 0.6 is 0 Å². The van der Waals surface area contributed by atoms with E-state index < -0.39 is 41.9 Å². The van der Waals surface area contributed by atoms with E-state index in [0.29, 0.717) is 0 Å². The highest BCUT2D eigenvalue weighted by Gasteiger charge is 2.25. The van der Waals surface area contributed by atoms with Gasteiger partial charge < -0.3 is 36.1 Å². The van der Waals surface area contributed by atoms with Gasteiger partial charge in [-0.3, -0.25) is 19.2 Å². The number of aliphatic hydroxyl groups is 1. The van der Waals surface area contributed by atoms with E-state index in [2.05, 4.69) is 15.3 Å². The van der Waals surface area contributed by atoms with Crippen molar-refractivity contribution < 1.29 is 38.5 Å². The Bertz CT molecular complexity index is 1300. The maximum Gasteiger partial charge on any atom is 0.311 e. The van der Waals surface area contributed by atoms with Gasteiger partial charge in [0.25, 0.3) is 5.91 Å². The second-order valence-electron chi connectivity index (χ2n) is 9.91. The third kappa shape index (κ3) is 10.2. The van der Waals surface area contributed by atoms with Crippen molar-refractivity contribution in [2.24, 2.45) is 11.8 Å². The van der Waals surface area contributed by atoms with Crippen molar-refractivity contribution in [3.8, 4) is 0 Å². The van der Waals surface area contributed by atoms with Crippen molar-refractivity contribution in [1.29, 1.82) is 0 Å². The molecule has 13 nitrogen and oxygen atoms in total. The average molecular weight is 608 g/mol. The van der Waals surface area contributed by atoms with Gasteiger partial charge >= 0.3 is 5.97 Å². The highest BCUT2D eigenvalue weighted by Crippen LogP contribution is 2.19. The molecule has 0 bridgehead atoms. The fraction of sp³-hybridized carbons (Fsp3) is 0.355. The Morgan fingerprint density at radius 2 is 1.34 bits per heavy atom. The Labute approximate surface area is 254 Å². The SMILES string of the molecule is COC(=O)[C@H](CCC(=O)c1nc(N)c(C(=O)NC[C@H](COCc2ccccc2)C(=O)CO)nc1N)COCc1ccccc1. The molecule has 0 aliphatic heterocycles. The number of esters is 1. The predicted octanol–water partition coefficient (Wildman–Crippen LogP) is 1.73. The molecule has 3 aromatic rings. The van der Waals surface area contributed by atoms with Gasteiger partial charge in [0.05, 0.1) is 45.4 Å². The summed E-state index contributed by atoms with van der Waals surface area (Å²) >= 11 is 0. The summed E-state index contributed by atoms with van der Waals surface area (Å²) in [5.74, 6) is -4.57. The van der Waals surface area contributed by atoms with Crippen LogP contribution < -0.4 is 16.8 Å². The molecule has 0 radical (unpaired) electrons. The van der Waals surface area contributed by atoms with Crippen molar-refractivity contribution >= 4 is 35.1 Å². The molecule has 0 fully saturated rings. The molecule has 2 aromatic carbocycles. The number of aromatic nitrogens is 2. The molecule has 3 rings (SSSR count). The number of nitrogens with zero attached hydrogens (tertiary/aromatic N) is 2. The Hall–Kier alpha value is -4.72. The lowest BCUT2D eigenvalue weighted by molar-refractivity contribution is -0.148. The summed E-state index contributed by atoms with van der Waals surface area (Å²) in [7, 11) is 1.25. The first kappa shape index (κ1) is 33.8. The van der Waals surface area contributed by atoms with Gasteiger partial charge in [-0.2, -0.15) is 0 Å². The van der Waals surface area contributed by atoms with E-state index >= 15 is 0 Å². The molecule has 0 aliphatic rings. The summed E-state index contributed by atoms with van der Waals surface area (Å²) in [4.78, 5) is 58.2. The zero-order valence-corrected chi connectivity index (χ0v) is 24.4. The number of nitrogens with one attached hydrogen (secondary N) is 1. The fourth-order valence-electron chi connectivity index (χ4n) is 4.17. The number of hydrogen-bond donors (Lipinski definition) is 4. The predicted molar refractivity (Wildman–Crippen MR) is 160 cm³/mol. The van der Waals surface area contributed by atoms with Crippen molar-refractivity contribution in [1.82, 2.24) is 15.3 Å². The van der Waals surface area contributed by atoms with Crippen LogP contribution in [0.2, 0.25) is 0 Å². The molecule has 1 heterocycles. The molecule has 1 amide bonds. The normalized spacial score (nSPS) is 12.2. The molecular formula is C31H37N5O8. The third-order valence-electron chi connectivity index (χ3n) is 6.66. The number of ketones is 2. The number of methoxy groups -OCH3 is 1. The van der Waals surface area contributed by atoms with Crippen molar-refractivity contribution in [3.05, 3.63) is 83.2 Å². The first-order valence-electron chi connectivity index (χ1n) is 13.9. The molecule has 13 heteroatoms. The Morgan fingerprint density at radius 3 is 1.89 bits per heavy atom. The van der Waals surface area contributed by atoms with Gasteiger partial charge in [0.15, 0.2) is 34.6 Å². The summed E-state index contributed by atoms with van der Waals surface area (Å²) < 4.78 is 16.1. The largest absolute Gasteiger partial charge is 0.469 e. The number of ether oxygens (including phenoxy) is 3. The van der Waals surface area contributed by atoms with E-state index in [9.17, 15) is 24.3 Å². The van der Waals surface area contributed by atoms with E-state index in [0.717, 1.165) is 11.1 Å². The summed E-state index contributed by atoms with van der Waals surface area (Å²) in [6, 6.07) is 18.7. The number of anilines is 2. The smallest absolute Gasteiger partial charge is 0.311 e. The van der Waals surface area contributed by atoms with E-state index in [-0.39, 0.29) is 68.8 Å². The maximum atomic E-state index is 12.9. The van der Waals surface area contributed by atoms with Crippen LogP contribution in [0.25, 0.3) is 0 Å². The van der Waals surface area contributed by atoms with Gasteiger partial charge in [-0.05, 0) is 17.5 Å². The van der Waals surface area contributed by atoms with Crippen molar-refractivity contribution in [2.75, 3.05) is 44.9 Å². The molecule has 234 valence electrons. The zero-order chi connectivity index (χ0) is 31.9. The van der Waals surface area contributed by atoms with Gasteiger partial charge in [0.1, 0.15) is 6.61 Å². The number of rotatable bonds is 18. The van der Waals surface area contributed by atoms with E-state index in [4.69, 9.17) is 25.7 Å². The van der Waals surface area contributed by atoms with Crippen LogP contribution in [0.15, 0.2) is 60.7 Å². The van der Waals surface area contributed by atoms with Crippen molar-refractivity contribution in [3.63, 3.8) is 0 Å². The van der Waals surface area contributed by atoms with Gasteiger partial charge in [0, 0.05) is 13.0 Å². The number of aliphatic hydroxyl groups excluding tert-OH is 1. The van der Waals surface area contributed by atoms with Crippen molar-refractivity contribution in [2.45, 2.75) is 26.1 Å². The molecule has 0 unspecified atom stereocenters. The summed E-state index contributed by atoms with van der Waals surface area (Å²) in [6.07, 6.45) is -0.0393. The first-order chi connectivity index (χ1) is 21.2. The Balaban J connectivity index is 1.56. The van der Waals surface area contributed by atoms with Gasteiger partial charge in [-0.15, -0.1) is 0 Å². The number of hydrogen-bond acceptors (Lipinski definition) is 12. The number of nitrogen functional groups attached to an aromatic ring is 2. The minimum atomic E-state index is -0.834. The number of carbonyl (C=O) groups excluding carboxylic acids is 4. The number of amides is 1. The molecule has 44 heavy (non-hydrogen) atoms. The van der Waals surface area contributed by atoms with Gasteiger partial charge in [-0.1, -0.05) is 60.7 Å². The van der Waals surface area contributed by atoms with E-state index in [1.165, 1.54) is 7.11 Å². The zero-order valence-electron chi connectivity index (χ0n) is 24.4. The minimum absolute atomic E-state index is 0.0360. The van der Waals surface area contributed by atoms with Gasteiger partial charge in [0.2, 0.25) is 0 Å². The molecule has 0 spiro atoms. The molecule has 2 atom stereocenters. The summed E-state index contributed by atoms with van der Waals surface area (Å²) in [6.45, 7) is -0.373. The Morgan fingerprint density at radius 1 is 0.818 bits per heavy atom. The second-order valence-corrected chi connectivity index (χ2v) is 9.91. The van der Waals surface area contributed by atoms with E-state index in [1.54, 1.807) is 0 Å². The number of nitrogens with two attached hydrogens (primary N) is 2. The first-order valence-corrected chi connectivity index (χ1v) is 13.9. The number of carbonyl (C=O) groups is 4. The lowest BCUT2D eigenvalue weighted by atomic mass is 10.0. The lowest BCUT2D eigenvalue weighted by Gasteiger charge is -2.17. The van der Waals surface area contributed by atoms with Crippen LogP contribution in [0.1, 0.15) is 44.9 Å². The van der Waals surface area contributed by atoms with E-state index in [1.807, 2.05) is 60.7 Å². The van der Waals surface area contributed by atoms with Crippen LogP contribution in [-0.2, 0) is 37.0 Å². The number of benzene rings is 2. The van der Waals surface area contributed by atoms with Gasteiger partial charge in [-0.25, -0.2) is 9.97 Å². The van der Waals surface area contributed by atoms with Crippen LogP contribution in [0, 0.1) is 11.8 Å². The molecule has 6 N–H and O–H groups in total. The lowest BCUT2D eigenvalue weighted by Crippen LogP contribution is -2.37. The molecule has 0 saturated heterocycles. The topological polar surface area (TPSA) is 206 Å². The molecular weight excluding hydrogens is 570 g/mol. The molecule has 1 aromatic heterocycles. The summed E-state index contributed by atoms with van der Waals surface area (Å²) in [5.41, 5.74) is 13.2. The monoisotopic (exact) mass is 607 g/mol. The molecule has 0 saturated carbocycles. The standard InChI is InChI=1S/C31H37N5O8/c1-42-31(41)22(18-43-16-20-8-4-2-5-9-20)12-13-24(38)26-28(32)36-27(29(33)35-26)30(40)34-14-23(25(39)15-37)19-44-17-21-10-6-3-7-11-21/h2-11,22-23,37H,12-19H2,1H3,(H2,32,36)(H2,33,35)(H,34,40)/t22-,23-/m1/s1. The highest BCUT2D eigenvalue weighted by atomic mass is 16.5. The number of Topliss-reactive ketones (excluding diaryl/α,β-unsaturated/α-hetero) is 2. The molecule has 0 aliphatic carbocycles. The third-order valence-corrected chi connectivity index (χ3v) is 6.66. The van der Waals surface area contributed by atoms with Crippen LogP contribution in [0.3, 0.4) is 0 Å². The van der Waals surface area contributed by atoms with Crippen LogP contribution in [0.4, 0.5) is 11.6 Å².